The molecule has 4 N–H and O–H groups in total. The third kappa shape index (κ3) is 5.19. The minimum atomic E-state index is -0.135. The van der Waals surface area contributed by atoms with E-state index in [0.717, 1.165) is 18.4 Å². The molecule has 1 rings (SSSR count). The summed E-state index contributed by atoms with van der Waals surface area (Å²) >= 11 is 0. The monoisotopic (exact) mass is 291 g/mol. The van der Waals surface area contributed by atoms with E-state index in [2.05, 4.69) is 10.6 Å². The Morgan fingerprint density at radius 3 is 2.67 bits per heavy atom. The molecule has 0 aromatic heterocycles. The number of nitrogens with two attached hydrogens (primary N) is 1. The van der Waals surface area contributed by atoms with Crippen LogP contribution in [0.4, 0.5) is 5.69 Å². The molecule has 116 valence electrons. The number of carbonyl (C=O) groups is 2. The SMILES string of the molecule is CCNC(=O)c1ccc(C)c(NC(=O)C(C)CCCN)c1. The maximum Gasteiger partial charge on any atom is 0.251 e. The lowest BCUT2D eigenvalue weighted by Gasteiger charge is -2.14. The molecule has 5 nitrogen and oxygen atoms in total. The smallest absolute Gasteiger partial charge is 0.251 e. The summed E-state index contributed by atoms with van der Waals surface area (Å²) in [5.41, 5.74) is 7.62. The molecule has 0 heterocycles. The highest BCUT2D eigenvalue weighted by atomic mass is 16.2. The third-order valence-electron chi connectivity index (χ3n) is 3.38. The van der Waals surface area contributed by atoms with Gasteiger partial charge in [0.1, 0.15) is 0 Å². The molecular weight excluding hydrogens is 266 g/mol. The normalized spacial score (nSPS) is 11.8. The number of amides is 2. The van der Waals surface area contributed by atoms with E-state index >= 15 is 0 Å². The first kappa shape index (κ1) is 17.2. The van der Waals surface area contributed by atoms with Crippen LogP contribution in [0.15, 0.2) is 18.2 Å². The molecule has 0 saturated carbocycles. The van der Waals surface area contributed by atoms with Crippen molar-refractivity contribution in [3.05, 3.63) is 29.3 Å². The summed E-state index contributed by atoms with van der Waals surface area (Å²) in [6, 6.07) is 5.31. The first-order valence-electron chi connectivity index (χ1n) is 7.39. The summed E-state index contributed by atoms with van der Waals surface area (Å²) in [5, 5.41) is 5.64. The highest BCUT2D eigenvalue weighted by Gasteiger charge is 2.14. The van der Waals surface area contributed by atoms with Crippen LogP contribution in [0.25, 0.3) is 0 Å². The van der Waals surface area contributed by atoms with Crippen LogP contribution in [0, 0.1) is 12.8 Å². The van der Waals surface area contributed by atoms with Gasteiger partial charge in [0.05, 0.1) is 0 Å². The summed E-state index contributed by atoms with van der Waals surface area (Å²) in [5.74, 6) is -0.273. The van der Waals surface area contributed by atoms with Gasteiger partial charge in [0.15, 0.2) is 0 Å². The molecule has 21 heavy (non-hydrogen) atoms. The van der Waals surface area contributed by atoms with E-state index in [4.69, 9.17) is 5.73 Å². The molecule has 0 aliphatic rings. The van der Waals surface area contributed by atoms with Crippen molar-refractivity contribution in [1.29, 1.82) is 0 Å². The molecule has 0 radical (unpaired) electrons. The molecule has 0 fully saturated rings. The molecule has 0 aliphatic heterocycles. The van der Waals surface area contributed by atoms with E-state index in [1.165, 1.54) is 0 Å². The van der Waals surface area contributed by atoms with Crippen LogP contribution in [0.1, 0.15) is 42.6 Å². The highest BCUT2D eigenvalue weighted by Crippen LogP contribution is 2.18. The van der Waals surface area contributed by atoms with Crippen molar-refractivity contribution in [2.75, 3.05) is 18.4 Å². The van der Waals surface area contributed by atoms with Gasteiger partial charge in [0, 0.05) is 23.7 Å². The second kappa shape index (κ2) is 8.42. The van der Waals surface area contributed by atoms with Crippen LogP contribution >= 0.6 is 0 Å². The number of benzene rings is 1. The fourth-order valence-electron chi connectivity index (χ4n) is 1.97. The van der Waals surface area contributed by atoms with Crippen molar-refractivity contribution >= 4 is 17.5 Å². The van der Waals surface area contributed by atoms with Crippen LogP contribution in [0.3, 0.4) is 0 Å². The molecule has 2 amide bonds. The van der Waals surface area contributed by atoms with Gasteiger partial charge in [0.25, 0.3) is 5.91 Å². The fraction of sp³-hybridized carbons (Fsp3) is 0.500. The van der Waals surface area contributed by atoms with Gasteiger partial charge >= 0.3 is 0 Å². The number of aryl methyl sites for hydroxylation is 1. The first-order valence-corrected chi connectivity index (χ1v) is 7.39. The molecule has 5 heteroatoms. The van der Waals surface area contributed by atoms with Crippen LogP contribution in [-0.2, 0) is 4.79 Å². The molecule has 0 saturated heterocycles. The lowest BCUT2D eigenvalue weighted by Crippen LogP contribution is -2.24. The van der Waals surface area contributed by atoms with Crippen molar-refractivity contribution in [1.82, 2.24) is 5.32 Å². The van der Waals surface area contributed by atoms with Crippen molar-refractivity contribution in [2.24, 2.45) is 11.7 Å². The molecule has 1 aromatic rings. The Morgan fingerprint density at radius 1 is 1.33 bits per heavy atom. The van der Waals surface area contributed by atoms with Gasteiger partial charge in [-0.15, -0.1) is 0 Å². The Kier molecular flexibility index (Phi) is 6.88. The summed E-state index contributed by atoms with van der Waals surface area (Å²) in [4.78, 5) is 24.0. The van der Waals surface area contributed by atoms with Crippen LogP contribution < -0.4 is 16.4 Å². The first-order chi connectivity index (χ1) is 9.99. The largest absolute Gasteiger partial charge is 0.352 e. The van der Waals surface area contributed by atoms with Crippen molar-refractivity contribution < 1.29 is 9.59 Å². The number of anilines is 1. The number of rotatable bonds is 7. The van der Waals surface area contributed by atoms with Gasteiger partial charge in [-0.2, -0.15) is 0 Å². The molecule has 0 spiro atoms. The van der Waals surface area contributed by atoms with Gasteiger partial charge in [-0.25, -0.2) is 0 Å². The maximum atomic E-state index is 12.1. The van der Waals surface area contributed by atoms with Gasteiger partial charge < -0.3 is 16.4 Å². The summed E-state index contributed by atoms with van der Waals surface area (Å²) in [6.07, 6.45) is 1.59. The molecule has 1 unspecified atom stereocenters. The minimum absolute atomic E-state index is 0.0420. The highest BCUT2D eigenvalue weighted by molar-refractivity contribution is 5.98. The van der Waals surface area contributed by atoms with Crippen LogP contribution in [-0.4, -0.2) is 24.9 Å². The van der Waals surface area contributed by atoms with E-state index in [1.807, 2.05) is 26.8 Å². The Balaban J connectivity index is 2.80. The Bertz CT molecular complexity index is 500. The quantitative estimate of drug-likeness (QED) is 0.719. The summed E-state index contributed by atoms with van der Waals surface area (Å²) in [6.45, 7) is 6.82. The summed E-state index contributed by atoms with van der Waals surface area (Å²) in [7, 11) is 0. The number of carbonyl (C=O) groups excluding carboxylic acids is 2. The van der Waals surface area contributed by atoms with Gasteiger partial charge in [-0.05, 0) is 50.9 Å². The van der Waals surface area contributed by atoms with E-state index in [9.17, 15) is 9.59 Å². The van der Waals surface area contributed by atoms with E-state index in [-0.39, 0.29) is 17.7 Å². The van der Waals surface area contributed by atoms with Crippen molar-refractivity contribution in [3.8, 4) is 0 Å². The number of hydrogen-bond acceptors (Lipinski definition) is 3. The zero-order chi connectivity index (χ0) is 15.8. The average Bonchev–Trinajstić information content (AvgIpc) is 2.47. The average molecular weight is 291 g/mol. The molecule has 0 bridgehead atoms. The summed E-state index contributed by atoms with van der Waals surface area (Å²) < 4.78 is 0. The fourth-order valence-corrected chi connectivity index (χ4v) is 1.97. The predicted molar refractivity (Wildman–Crippen MR) is 85.3 cm³/mol. The second-order valence-corrected chi connectivity index (χ2v) is 5.21. The van der Waals surface area contributed by atoms with Gasteiger partial charge in [0.2, 0.25) is 5.91 Å². The lowest BCUT2D eigenvalue weighted by atomic mass is 10.0. The van der Waals surface area contributed by atoms with Gasteiger partial charge in [-0.1, -0.05) is 13.0 Å². The van der Waals surface area contributed by atoms with Crippen molar-refractivity contribution in [3.63, 3.8) is 0 Å². The van der Waals surface area contributed by atoms with E-state index in [1.54, 1.807) is 12.1 Å². The molecule has 0 aliphatic carbocycles. The topological polar surface area (TPSA) is 84.2 Å². The van der Waals surface area contributed by atoms with E-state index < -0.39 is 0 Å². The predicted octanol–water partition coefficient (Wildman–Crippen LogP) is 2.06. The van der Waals surface area contributed by atoms with Crippen molar-refractivity contribution in [2.45, 2.75) is 33.6 Å². The molecule has 1 aromatic carbocycles. The Labute approximate surface area is 126 Å². The zero-order valence-electron chi connectivity index (χ0n) is 13.0. The minimum Gasteiger partial charge on any atom is -0.352 e. The third-order valence-corrected chi connectivity index (χ3v) is 3.38. The molecule has 1 atom stereocenters. The van der Waals surface area contributed by atoms with E-state index in [0.29, 0.717) is 24.3 Å². The lowest BCUT2D eigenvalue weighted by molar-refractivity contribution is -0.119. The second-order valence-electron chi connectivity index (χ2n) is 5.21. The standard InChI is InChI=1S/C16H25N3O2/c1-4-18-16(21)13-8-7-11(2)14(10-13)19-15(20)12(3)6-5-9-17/h7-8,10,12H,4-6,9,17H2,1-3H3,(H,18,21)(H,19,20). The van der Waals surface area contributed by atoms with Crippen LogP contribution in [0.5, 0.6) is 0 Å². The maximum absolute atomic E-state index is 12.1. The molecular formula is C16H25N3O2. The number of nitrogens with one attached hydrogen (secondary N) is 2. The zero-order valence-corrected chi connectivity index (χ0v) is 13.0. The Morgan fingerprint density at radius 2 is 2.05 bits per heavy atom. The van der Waals surface area contributed by atoms with Crippen LogP contribution in [0.2, 0.25) is 0 Å². The van der Waals surface area contributed by atoms with Gasteiger partial charge in [-0.3, -0.25) is 9.59 Å². The number of hydrogen-bond donors (Lipinski definition) is 3. The Hall–Kier alpha value is -1.88.